The standard InChI is InChI=1S/C17H16ClN3O3/c1-11(12-5-7-13(18)8-6-12)20(2)15(22)10-21-16-14(24-17(21)23)4-3-9-19-16/h3-9,11H,10H2,1-2H3. The average molecular weight is 346 g/mol. The lowest BCUT2D eigenvalue weighted by Gasteiger charge is -2.25. The summed E-state index contributed by atoms with van der Waals surface area (Å²) in [5, 5.41) is 0.641. The maximum Gasteiger partial charge on any atom is 0.421 e. The van der Waals surface area contributed by atoms with Crippen LogP contribution in [0, 0.1) is 0 Å². The first kappa shape index (κ1) is 16.3. The molecule has 0 fully saturated rings. The molecule has 124 valence electrons. The van der Waals surface area contributed by atoms with E-state index < -0.39 is 5.76 Å². The minimum atomic E-state index is -0.593. The number of halogens is 1. The van der Waals surface area contributed by atoms with Crippen LogP contribution in [-0.4, -0.2) is 27.4 Å². The van der Waals surface area contributed by atoms with Crippen molar-refractivity contribution < 1.29 is 9.21 Å². The Hall–Kier alpha value is -2.60. The SMILES string of the molecule is CC(c1ccc(Cl)cc1)N(C)C(=O)Cn1c(=O)oc2cccnc21. The molecule has 0 saturated heterocycles. The molecule has 0 N–H and O–H groups in total. The zero-order valence-electron chi connectivity index (χ0n) is 13.3. The smallest absolute Gasteiger partial charge is 0.406 e. The summed E-state index contributed by atoms with van der Waals surface area (Å²) in [6.45, 7) is 1.78. The number of fused-ring (bicyclic) bond motifs is 1. The zero-order chi connectivity index (χ0) is 17.3. The van der Waals surface area contributed by atoms with Gasteiger partial charge in [-0.2, -0.15) is 0 Å². The van der Waals surface area contributed by atoms with E-state index in [-0.39, 0.29) is 18.5 Å². The van der Waals surface area contributed by atoms with E-state index in [1.165, 1.54) is 4.57 Å². The predicted molar refractivity (Wildman–Crippen MR) is 90.9 cm³/mol. The van der Waals surface area contributed by atoms with E-state index in [9.17, 15) is 9.59 Å². The Morgan fingerprint density at radius 2 is 2.04 bits per heavy atom. The maximum absolute atomic E-state index is 12.6. The lowest BCUT2D eigenvalue weighted by Crippen LogP contribution is -2.34. The summed E-state index contributed by atoms with van der Waals surface area (Å²) in [4.78, 5) is 30.2. The van der Waals surface area contributed by atoms with Crippen molar-refractivity contribution in [2.45, 2.75) is 19.5 Å². The molecule has 24 heavy (non-hydrogen) atoms. The highest BCUT2D eigenvalue weighted by Gasteiger charge is 2.20. The molecular formula is C17H16ClN3O3. The highest BCUT2D eigenvalue weighted by Crippen LogP contribution is 2.21. The molecule has 0 saturated carbocycles. The Morgan fingerprint density at radius 3 is 2.75 bits per heavy atom. The second-order valence-electron chi connectivity index (χ2n) is 5.51. The van der Waals surface area contributed by atoms with Crippen molar-refractivity contribution in [3.63, 3.8) is 0 Å². The monoisotopic (exact) mass is 345 g/mol. The summed E-state index contributed by atoms with van der Waals surface area (Å²) >= 11 is 5.89. The predicted octanol–water partition coefficient (Wildman–Crippen LogP) is 2.86. The highest BCUT2D eigenvalue weighted by molar-refractivity contribution is 6.30. The molecule has 7 heteroatoms. The number of aromatic nitrogens is 2. The summed E-state index contributed by atoms with van der Waals surface area (Å²) in [5.74, 6) is -0.808. The van der Waals surface area contributed by atoms with E-state index in [0.29, 0.717) is 16.3 Å². The lowest BCUT2D eigenvalue weighted by atomic mass is 10.1. The van der Waals surface area contributed by atoms with Crippen LogP contribution >= 0.6 is 11.6 Å². The van der Waals surface area contributed by atoms with Crippen LogP contribution in [0.2, 0.25) is 5.02 Å². The quantitative estimate of drug-likeness (QED) is 0.729. The molecule has 3 rings (SSSR count). The minimum Gasteiger partial charge on any atom is -0.406 e. The molecule has 6 nitrogen and oxygen atoms in total. The van der Waals surface area contributed by atoms with Gasteiger partial charge in [0.05, 0.1) is 6.04 Å². The molecule has 3 aromatic rings. The average Bonchev–Trinajstić information content (AvgIpc) is 2.90. The van der Waals surface area contributed by atoms with Crippen LogP contribution < -0.4 is 5.76 Å². The van der Waals surface area contributed by atoms with E-state index in [0.717, 1.165) is 5.56 Å². The third-order valence-corrected chi connectivity index (χ3v) is 4.30. The summed E-state index contributed by atoms with van der Waals surface area (Å²) in [6, 6.07) is 10.5. The fourth-order valence-electron chi connectivity index (χ4n) is 2.47. The fourth-order valence-corrected chi connectivity index (χ4v) is 2.59. The van der Waals surface area contributed by atoms with Crippen LogP contribution in [0.5, 0.6) is 0 Å². The van der Waals surface area contributed by atoms with Gasteiger partial charge in [0.15, 0.2) is 11.2 Å². The van der Waals surface area contributed by atoms with Crippen molar-refractivity contribution >= 4 is 28.7 Å². The second-order valence-corrected chi connectivity index (χ2v) is 5.95. The van der Waals surface area contributed by atoms with Crippen molar-refractivity contribution in [3.8, 4) is 0 Å². The molecule has 0 aliphatic heterocycles. The Kier molecular flexibility index (Phi) is 4.40. The Bertz CT molecular complexity index is 930. The van der Waals surface area contributed by atoms with Gasteiger partial charge in [-0.3, -0.25) is 4.79 Å². The molecule has 0 aliphatic carbocycles. The van der Waals surface area contributed by atoms with Crippen molar-refractivity contribution in [2.75, 3.05) is 7.05 Å². The summed E-state index contributed by atoms with van der Waals surface area (Å²) in [6.07, 6.45) is 1.55. The number of likely N-dealkylation sites (N-methyl/N-ethyl adjacent to an activating group) is 1. The molecular weight excluding hydrogens is 330 g/mol. The number of carbonyl (C=O) groups is 1. The normalized spacial score (nSPS) is 12.3. The third kappa shape index (κ3) is 3.05. The minimum absolute atomic E-state index is 0.128. The van der Waals surface area contributed by atoms with Gasteiger partial charge < -0.3 is 9.32 Å². The molecule has 1 amide bonds. The van der Waals surface area contributed by atoms with Gasteiger partial charge in [0, 0.05) is 18.3 Å². The molecule has 0 bridgehead atoms. The Morgan fingerprint density at radius 1 is 1.33 bits per heavy atom. The van der Waals surface area contributed by atoms with Gasteiger partial charge in [0.25, 0.3) is 0 Å². The van der Waals surface area contributed by atoms with Crippen molar-refractivity contribution in [2.24, 2.45) is 0 Å². The summed E-state index contributed by atoms with van der Waals surface area (Å²) in [7, 11) is 1.70. The number of pyridine rings is 1. The number of nitrogens with zero attached hydrogens (tertiary/aromatic N) is 3. The molecule has 0 aliphatic rings. The van der Waals surface area contributed by atoms with Gasteiger partial charge in [-0.05, 0) is 36.8 Å². The van der Waals surface area contributed by atoms with Gasteiger partial charge >= 0.3 is 5.76 Å². The first-order chi connectivity index (χ1) is 11.5. The van der Waals surface area contributed by atoms with Crippen molar-refractivity contribution in [1.82, 2.24) is 14.5 Å². The van der Waals surface area contributed by atoms with E-state index in [4.69, 9.17) is 16.0 Å². The fraction of sp³-hybridized carbons (Fsp3) is 0.235. The molecule has 1 atom stereocenters. The van der Waals surface area contributed by atoms with Gasteiger partial charge in [-0.1, -0.05) is 23.7 Å². The topological polar surface area (TPSA) is 68.3 Å². The molecule has 0 spiro atoms. The number of amides is 1. The van der Waals surface area contributed by atoms with Crippen LogP contribution in [-0.2, 0) is 11.3 Å². The van der Waals surface area contributed by atoms with Gasteiger partial charge in [-0.25, -0.2) is 14.3 Å². The van der Waals surface area contributed by atoms with Crippen LogP contribution in [0.25, 0.3) is 11.2 Å². The van der Waals surface area contributed by atoms with Crippen LogP contribution in [0.1, 0.15) is 18.5 Å². The molecule has 2 heterocycles. The lowest BCUT2D eigenvalue weighted by molar-refractivity contribution is -0.132. The Labute approximate surface area is 143 Å². The Balaban J connectivity index is 1.82. The third-order valence-electron chi connectivity index (χ3n) is 4.04. The molecule has 1 aromatic carbocycles. The molecule has 2 aromatic heterocycles. The first-order valence-corrected chi connectivity index (χ1v) is 7.80. The number of benzene rings is 1. The van der Waals surface area contributed by atoms with E-state index in [1.54, 1.807) is 42.4 Å². The number of hydrogen-bond acceptors (Lipinski definition) is 4. The highest BCUT2D eigenvalue weighted by atomic mass is 35.5. The zero-order valence-corrected chi connectivity index (χ0v) is 14.0. The van der Waals surface area contributed by atoms with Gasteiger partial charge in [-0.15, -0.1) is 0 Å². The second kappa shape index (κ2) is 6.49. The molecule has 1 unspecified atom stereocenters. The largest absolute Gasteiger partial charge is 0.421 e. The van der Waals surface area contributed by atoms with Gasteiger partial charge in [0.1, 0.15) is 6.54 Å². The number of rotatable bonds is 4. The number of carbonyl (C=O) groups excluding carboxylic acids is 1. The van der Waals surface area contributed by atoms with Crippen LogP contribution in [0.15, 0.2) is 51.8 Å². The van der Waals surface area contributed by atoms with Crippen LogP contribution in [0.3, 0.4) is 0 Å². The van der Waals surface area contributed by atoms with Crippen LogP contribution in [0.4, 0.5) is 0 Å². The van der Waals surface area contributed by atoms with E-state index in [1.807, 2.05) is 19.1 Å². The first-order valence-electron chi connectivity index (χ1n) is 7.43. The number of hydrogen-bond donors (Lipinski definition) is 0. The van der Waals surface area contributed by atoms with Crippen molar-refractivity contribution in [1.29, 1.82) is 0 Å². The molecule has 0 radical (unpaired) electrons. The maximum atomic E-state index is 12.6. The summed E-state index contributed by atoms with van der Waals surface area (Å²) < 4.78 is 6.34. The summed E-state index contributed by atoms with van der Waals surface area (Å²) in [5.41, 5.74) is 1.69. The van der Waals surface area contributed by atoms with Crippen molar-refractivity contribution in [3.05, 3.63) is 63.7 Å². The number of oxazole rings is 1. The van der Waals surface area contributed by atoms with Gasteiger partial charge in [0.2, 0.25) is 5.91 Å². The van der Waals surface area contributed by atoms with E-state index >= 15 is 0 Å². The van der Waals surface area contributed by atoms with E-state index in [2.05, 4.69) is 4.98 Å².